The second-order valence-electron chi connectivity index (χ2n) is 4.00. The Bertz CT molecular complexity index is 368. The van der Waals surface area contributed by atoms with Gasteiger partial charge in [-0.1, -0.05) is 27.4 Å². The van der Waals surface area contributed by atoms with E-state index >= 15 is 0 Å². The third kappa shape index (κ3) is 2.05. The van der Waals surface area contributed by atoms with Crippen molar-refractivity contribution in [2.45, 2.75) is 26.2 Å². The van der Waals surface area contributed by atoms with Crippen molar-refractivity contribution in [3.8, 4) is 0 Å². The van der Waals surface area contributed by atoms with Gasteiger partial charge in [0.15, 0.2) is 0 Å². The molecule has 3 heteroatoms. The zero-order valence-electron chi connectivity index (χ0n) is 8.33. The van der Waals surface area contributed by atoms with Gasteiger partial charge < -0.3 is 0 Å². The number of hydrogen-bond donors (Lipinski definition) is 1. The summed E-state index contributed by atoms with van der Waals surface area (Å²) in [5.41, 5.74) is 1.33. The minimum absolute atomic E-state index is 0.00391. The Morgan fingerprint density at radius 1 is 1.54 bits per heavy atom. The molecule has 1 aromatic rings. The first-order valence-electron chi connectivity index (χ1n) is 4.21. The molecule has 1 N–H and O–H groups in total. The summed E-state index contributed by atoms with van der Waals surface area (Å²) >= 11 is 0. The molecule has 0 aliphatic rings. The van der Waals surface area contributed by atoms with Gasteiger partial charge in [-0.05, 0) is 0 Å². The molecule has 0 radical (unpaired) electrons. The third-order valence-electron chi connectivity index (χ3n) is 1.84. The fourth-order valence-corrected chi connectivity index (χ4v) is 0.984. The first kappa shape index (κ1) is 9.71. The minimum Gasteiger partial charge on any atom is -0.293 e. The Labute approximate surface area is 78.3 Å². The van der Waals surface area contributed by atoms with Crippen molar-refractivity contribution in [1.82, 2.24) is 9.55 Å². The maximum absolute atomic E-state index is 7.64. The third-order valence-corrected chi connectivity index (χ3v) is 1.84. The highest BCUT2D eigenvalue weighted by Gasteiger charge is 2.14. The lowest BCUT2D eigenvalue weighted by molar-refractivity contribution is 0.562. The molecule has 0 fully saturated rings. The zero-order valence-corrected chi connectivity index (χ0v) is 8.33. The summed E-state index contributed by atoms with van der Waals surface area (Å²) in [6.45, 7) is 9.82. The highest BCUT2D eigenvalue weighted by atomic mass is 15.0. The van der Waals surface area contributed by atoms with Crippen LogP contribution >= 0.6 is 0 Å². The topological polar surface area (TPSA) is 41.7 Å². The monoisotopic (exact) mass is 177 g/mol. The van der Waals surface area contributed by atoms with Gasteiger partial charge in [0.2, 0.25) is 0 Å². The van der Waals surface area contributed by atoms with E-state index in [1.165, 1.54) is 0 Å². The summed E-state index contributed by atoms with van der Waals surface area (Å²) in [6.07, 6.45) is 3.19. The van der Waals surface area contributed by atoms with Crippen LogP contribution in [0.3, 0.4) is 0 Å². The fraction of sp³-hybridized carbons (Fsp3) is 0.400. The summed E-state index contributed by atoms with van der Waals surface area (Å²) in [5.74, 6) is 0. The average Bonchev–Trinajstić information content (AvgIpc) is 2.02. The van der Waals surface area contributed by atoms with Crippen LogP contribution in [0, 0.1) is 5.41 Å². The molecule has 0 spiro atoms. The molecule has 70 valence electrons. The van der Waals surface area contributed by atoms with Gasteiger partial charge in [0.25, 0.3) is 0 Å². The van der Waals surface area contributed by atoms with Gasteiger partial charge in [0.05, 0.1) is 5.69 Å². The van der Waals surface area contributed by atoms with E-state index in [4.69, 9.17) is 5.41 Å². The molecule has 3 nitrogen and oxygen atoms in total. The summed E-state index contributed by atoms with van der Waals surface area (Å²) in [7, 11) is 0. The van der Waals surface area contributed by atoms with E-state index in [0.717, 1.165) is 5.69 Å². The minimum atomic E-state index is -0.00391. The van der Waals surface area contributed by atoms with Crippen LogP contribution in [0.4, 0.5) is 0 Å². The van der Waals surface area contributed by atoms with E-state index in [0.29, 0.717) is 5.49 Å². The second kappa shape index (κ2) is 3.17. The van der Waals surface area contributed by atoms with Crippen LogP contribution in [-0.2, 0) is 5.41 Å². The standard InChI is InChI=1S/C10H15N3/c1-5-13-7-12-8(6-9(13)11)10(2,3)4/h5-7,11H,1H2,2-4H3. The molecule has 0 saturated carbocycles. The normalized spacial score (nSPS) is 11.3. The van der Waals surface area contributed by atoms with Crippen molar-refractivity contribution in [2.24, 2.45) is 0 Å². The predicted octanol–water partition coefficient (Wildman–Crippen LogP) is 1.76. The lowest BCUT2D eigenvalue weighted by atomic mass is 9.92. The Balaban J connectivity index is 3.26. The Morgan fingerprint density at radius 3 is 2.54 bits per heavy atom. The second-order valence-corrected chi connectivity index (χ2v) is 4.00. The molecule has 0 bridgehead atoms. The Hall–Kier alpha value is -1.38. The number of rotatable bonds is 1. The quantitative estimate of drug-likeness (QED) is 0.697. The van der Waals surface area contributed by atoms with Crippen molar-refractivity contribution < 1.29 is 0 Å². The summed E-state index contributed by atoms with van der Waals surface area (Å²) < 4.78 is 1.58. The maximum atomic E-state index is 7.64. The molecule has 13 heavy (non-hydrogen) atoms. The van der Waals surface area contributed by atoms with Crippen LogP contribution in [0.15, 0.2) is 19.0 Å². The van der Waals surface area contributed by atoms with Crippen LogP contribution in [0.2, 0.25) is 0 Å². The van der Waals surface area contributed by atoms with E-state index in [1.54, 1.807) is 23.2 Å². The van der Waals surface area contributed by atoms with E-state index in [1.807, 2.05) is 0 Å². The van der Waals surface area contributed by atoms with Gasteiger partial charge in [-0.15, -0.1) is 0 Å². The van der Waals surface area contributed by atoms with Gasteiger partial charge in [-0.2, -0.15) is 0 Å². The van der Waals surface area contributed by atoms with Gasteiger partial charge in [0.1, 0.15) is 11.8 Å². The summed E-state index contributed by atoms with van der Waals surface area (Å²) in [4.78, 5) is 4.25. The first-order valence-corrected chi connectivity index (χ1v) is 4.21. The number of nitrogens with one attached hydrogen (secondary N) is 1. The molecule has 0 aliphatic carbocycles. The first-order chi connectivity index (χ1) is 5.95. The lowest BCUT2D eigenvalue weighted by Gasteiger charge is -2.17. The lowest BCUT2D eigenvalue weighted by Crippen LogP contribution is -2.22. The number of nitrogens with zero attached hydrogens (tertiary/aromatic N) is 2. The number of aromatic nitrogens is 2. The van der Waals surface area contributed by atoms with Crippen molar-refractivity contribution in [2.75, 3.05) is 0 Å². The van der Waals surface area contributed by atoms with Crippen LogP contribution in [0.5, 0.6) is 0 Å². The van der Waals surface area contributed by atoms with Crippen molar-refractivity contribution in [3.05, 3.63) is 30.2 Å². The van der Waals surface area contributed by atoms with Crippen LogP contribution in [0.1, 0.15) is 26.5 Å². The van der Waals surface area contributed by atoms with E-state index in [-0.39, 0.29) is 5.41 Å². The molecular weight excluding hydrogens is 162 g/mol. The van der Waals surface area contributed by atoms with Gasteiger partial charge in [0, 0.05) is 17.7 Å². The van der Waals surface area contributed by atoms with Crippen LogP contribution in [0.25, 0.3) is 6.20 Å². The van der Waals surface area contributed by atoms with Crippen molar-refractivity contribution >= 4 is 6.20 Å². The molecule has 0 unspecified atom stereocenters. The van der Waals surface area contributed by atoms with E-state index < -0.39 is 0 Å². The molecule has 0 amide bonds. The highest BCUT2D eigenvalue weighted by Crippen LogP contribution is 2.17. The smallest absolute Gasteiger partial charge is 0.131 e. The summed E-state index contributed by atoms with van der Waals surface area (Å²) in [6, 6.07) is 1.77. The molecule has 0 atom stereocenters. The van der Waals surface area contributed by atoms with Crippen LogP contribution < -0.4 is 5.49 Å². The molecule has 1 rings (SSSR count). The molecule has 0 saturated heterocycles. The SMILES string of the molecule is C=Cn1cnc(C(C)(C)C)cc1=N. The maximum Gasteiger partial charge on any atom is 0.131 e. The highest BCUT2D eigenvalue weighted by molar-refractivity contribution is 5.18. The molecule has 0 aliphatic heterocycles. The molecular formula is C10H15N3. The van der Waals surface area contributed by atoms with Crippen LogP contribution in [-0.4, -0.2) is 9.55 Å². The Kier molecular flexibility index (Phi) is 2.36. The predicted molar refractivity (Wildman–Crippen MR) is 53.2 cm³/mol. The fourth-order valence-electron chi connectivity index (χ4n) is 0.984. The summed E-state index contributed by atoms with van der Waals surface area (Å²) in [5, 5.41) is 7.64. The van der Waals surface area contributed by atoms with E-state index in [9.17, 15) is 0 Å². The largest absolute Gasteiger partial charge is 0.293 e. The Morgan fingerprint density at radius 2 is 2.15 bits per heavy atom. The average molecular weight is 177 g/mol. The van der Waals surface area contributed by atoms with E-state index in [2.05, 4.69) is 32.3 Å². The molecule has 1 heterocycles. The molecule has 1 aromatic heterocycles. The molecule has 0 aromatic carbocycles. The zero-order chi connectivity index (χ0) is 10.1. The van der Waals surface area contributed by atoms with Gasteiger partial charge in [-0.3, -0.25) is 9.98 Å². The number of hydrogen-bond acceptors (Lipinski definition) is 2. The van der Waals surface area contributed by atoms with Crippen molar-refractivity contribution in [1.29, 1.82) is 5.41 Å². The van der Waals surface area contributed by atoms with Gasteiger partial charge in [-0.25, -0.2) is 4.98 Å². The van der Waals surface area contributed by atoms with Crippen molar-refractivity contribution in [3.63, 3.8) is 0 Å². The van der Waals surface area contributed by atoms with Gasteiger partial charge >= 0.3 is 0 Å².